The third-order valence-corrected chi connectivity index (χ3v) is 3.89. The standard InChI is InChI=1S/C10H14F3NO5S/c1-8(2,3)9(5-4-6-14(9)7(15)16)19-20(17,18)10(11,12)13/h4-5H,6H2,1-3H3,(H,15,16)/p-1. The second-order valence-electron chi connectivity index (χ2n) is 5.21. The topological polar surface area (TPSA) is 86.7 Å². The van der Waals surface area contributed by atoms with Crippen LogP contribution in [0.5, 0.6) is 0 Å². The van der Waals surface area contributed by atoms with Crippen LogP contribution in [0.2, 0.25) is 0 Å². The van der Waals surface area contributed by atoms with E-state index in [1.54, 1.807) is 0 Å². The van der Waals surface area contributed by atoms with Gasteiger partial charge in [0.15, 0.2) is 5.72 Å². The van der Waals surface area contributed by atoms with Gasteiger partial charge in [-0.2, -0.15) is 21.6 Å². The molecule has 0 N–H and O–H groups in total. The number of hydrogen-bond donors (Lipinski definition) is 0. The molecule has 20 heavy (non-hydrogen) atoms. The second-order valence-corrected chi connectivity index (χ2v) is 6.75. The van der Waals surface area contributed by atoms with E-state index in [2.05, 4.69) is 4.18 Å². The Morgan fingerprint density at radius 3 is 2.20 bits per heavy atom. The molecule has 0 saturated heterocycles. The normalized spacial score (nSPS) is 24.2. The summed E-state index contributed by atoms with van der Waals surface area (Å²) in [6.07, 6.45) is 0.348. The molecule has 0 aromatic heterocycles. The van der Waals surface area contributed by atoms with Crippen molar-refractivity contribution in [2.75, 3.05) is 6.54 Å². The van der Waals surface area contributed by atoms with Gasteiger partial charge in [-0.3, -0.25) is 0 Å². The van der Waals surface area contributed by atoms with Crippen LogP contribution in [-0.4, -0.2) is 37.2 Å². The van der Waals surface area contributed by atoms with Crippen LogP contribution in [0.4, 0.5) is 18.0 Å². The highest BCUT2D eigenvalue weighted by atomic mass is 32.2. The molecule has 0 aromatic rings. The van der Waals surface area contributed by atoms with E-state index in [0.29, 0.717) is 4.90 Å². The number of carbonyl (C=O) groups excluding carboxylic acids is 1. The molecular formula is C10H13F3NO5S-. The summed E-state index contributed by atoms with van der Waals surface area (Å²) in [5.74, 6) is 0. The molecule has 1 heterocycles. The summed E-state index contributed by atoms with van der Waals surface area (Å²) in [7, 11) is -5.97. The van der Waals surface area contributed by atoms with E-state index < -0.39 is 32.9 Å². The van der Waals surface area contributed by atoms with E-state index in [4.69, 9.17) is 0 Å². The highest BCUT2D eigenvalue weighted by molar-refractivity contribution is 7.87. The summed E-state index contributed by atoms with van der Waals surface area (Å²) in [5.41, 5.74) is -9.24. The van der Waals surface area contributed by atoms with Crippen LogP contribution in [0.15, 0.2) is 12.2 Å². The zero-order valence-corrected chi connectivity index (χ0v) is 11.7. The number of amides is 1. The van der Waals surface area contributed by atoms with Crippen molar-refractivity contribution in [2.24, 2.45) is 5.41 Å². The molecule has 1 amide bonds. The molecule has 0 fully saturated rings. The third-order valence-electron chi connectivity index (χ3n) is 2.85. The zero-order valence-electron chi connectivity index (χ0n) is 10.9. The minimum absolute atomic E-state index is 0.326. The van der Waals surface area contributed by atoms with Gasteiger partial charge in [-0.25, -0.2) is 4.18 Å². The van der Waals surface area contributed by atoms with Gasteiger partial charge in [0.05, 0.1) is 0 Å². The first kappa shape index (κ1) is 16.8. The average molecular weight is 316 g/mol. The minimum atomic E-state index is -5.97. The third kappa shape index (κ3) is 2.62. The lowest BCUT2D eigenvalue weighted by atomic mass is 9.83. The molecule has 0 spiro atoms. The predicted octanol–water partition coefficient (Wildman–Crippen LogP) is 0.810. The van der Waals surface area contributed by atoms with Crippen LogP contribution < -0.4 is 5.11 Å². The Bertz CT molecular complexity index is 534. The first-order chi connectivity index (χ1) is 8.75. The molecule has 1 rings (SSSR count). The lowest BCUT2D eigenvalue weighted by Gasteiger charge is -2.46. The van der Waals surface area contributed by atoms with Crippen molar-refractivity contribution in [3.05, 3.63) is 12.2 Å². The molecular weight excluding hydrogens is 303 g/mol. The Kier molecular flexibility index (Phi) is 3.87. The second kappa shape index (κ2) is 4.62. The van der Waals surface area contributed by atoms with E-state index >= 15 is 0 Å². The number of carbonyl (C=O) groups is 1. The van der Waals surface area contributed by atoms with Crippen LogP contribution in [0.3, 0.4) is 0 Å². The maximum Gasteiger partial charge on any atom is 0.523 e. The molecule has 0 bridgehead atoms. The first-order valence-corrected chi connectivity index (χ1v) is 6.84. The number of rotatable bonds is 2. The van der Waals surface area contributed by atoms with Gasteiger partial charge in [-0.15, -0.1) is 0 Å². The average Bonchev–Trinajstić information content (AvgIpc) is 2.59. The molecule has 10 heteroatoms. The fourth-order valence-corrected chi connectivity index (χ4v) is 2.65. The Morgan fingerprint density at radius 2 is 1.85 bits per heavy atom. The van der Waals surface area contributed by atoms with Gasteiger partial charge in [-0.1, -0.05) is 26.8 Å². The van der Waals surface area contributed by atoms with Crippen molar-refractivity contribution < 1.29 is 35.7 Å². The Morgan fingerprint density at radius 1 is 1.35 bits per heavy atom. The smallest absolute Gasteiger partial charge is 0.523 e. The van der Waals surface area contributed by atoms with Crippen molar-refractivity contribution in [1.82, 2.24) is 4.90 Å². The maximum atomic E-state index is 12.5. The Balaban J connectivity index is 3.37. The molecule has 6 nitrogen and oxygen atoms in total. The lowest BCUT2D eigenvalue weighted by Crippen LogP contribution is -2.61. The Labute approximate surface area is 113 Å². The zero-order chi connectivity index (χ0) is 16.0. The van der Waals surface area contributed by atoms with Crippen molar-refractivity contribution in [3.8, 4) is 0 Å². The molecule has 1 aliphatic rings. The van der Waals surface area contributed by atoms with Gasteiger partial charge in [0.25, 0.3) is 0 Å². The van der Waals surface area contributed by atoms with Crippen LogP contribution in [-0.2, 0) is 14.3 Å². The van der Waals surface area contributed by atoms with Crippen molar-refractivity contribution in [1.29, 1.82) is 0 Å². The van der Waals surface area contributed by atoms with E-state index in [-0.39, 0.29) is 6.54 Å². The summed E-state index contributed by atoms with van der Waals surface area (Å²) >= 11 is 0. The van der Waals surface area contributed by atoms with E-state index in [9.17, 15) is 31.5 Å². The van der Waals surface area contributed by atoms with E-state index in [1.165, 1.54) is 26.8 Å². The number of carboxylic acid groups (broad SMARTS) is 1. The molecule has 1 aliphatic heterocycles. The minimum Gasteiger partial charge on any atom is -0.530 e. The highest BCUT2D eigenvalue weighted by Crippen LogP contribution is 2.44. The van der Waals surface area contributed by atoms with Gasteiger partial charge in [0.1, 0.15) is 6.09 Å². The van der Waals surface area contributed by atoms with E-state index in [1.807, 2.05) is 0 Å². The quantitative estimate of drug-likeness (QED) is 0.427. The van der Waals surface area contributed by atoms with Crippen LogP contribution >= 0.6 is 0 Å². The molecule has 116 valence electrons. The number of halogens is 3. The highest BCUT2D eigenvalue weighted by Gasteiger charge is 2.58. The van der Waals surface area contributed by atoms with Gasteiger partial charge in [0.2, 0.25) is 0 Å². The monoisotopic (exact) mass is 316 g/mol. The SMILES string of the molecule is CC(C)(C)C1(OS(=O)(=O)C(F)(F)F)C=CCN1C(=O)[O-]. The fourth-order valence-electron chi connectivity index (χ4n) is 1.82. The van der Waals surface area contributed by atoms with Crippen molar-refractivity contribution in [3.63, 3.8) is 0 Å². The predicted molar refractivity (Wildman–Crippen MR) is 59.5 cm³/mol. The molecule has 0 aromatic carbocycles. The lowest BCUT2D eigenvalue weighted by molar-refractivity contribution is -0.281. The van der Waals surface area contributed by atoms with Crippen molar-refractivity contribution >= 4 is 16.2 Å². The van der Waals surface area contributed by atoms with Crippen molar-refractivity contribution in [2.45, 2.75) is 32.0 Å². The van der Waals surface area contributed by atoms with Crippen LogP contribution in [0.1, 0.15) is 20.8 Å². The largest absolute Gasteiger partial charge is 0.530 e. The van der Waals surface area contributed by atoms with Gasteiger partial charge >= 0.3 is 15.6 Å². The molecule has 1 atom stereocenters. The summed E-state index contributed by atoms with van der Waals surface area (Å²) in [5, 5.41) is 11.0. The van der Waals surface area contributed by atoms with Crippen LogP contribution in [0.25, 0.3) is 0 Å². The maximum absolute atomic E-state index is 12.5. The summed E-state index contributed by atoms with van der Waals surface area (Å²) in [6, 6.07) is 0. The number of hydrogen-bond acceptors (Lipinski definition) is 5. The Hall–Kier alpha value is -1.29. The number of alkyl halides is 3. The summed E-state index contributed by atoms with van der Waals surface area (Å²) in [6.45, 7) is 3.73. The van der Waals surface area contributed by atoms with Gasteiger partial charge < -0.3 is 14.8 Å². The molecule has 0 aliphatic carbocycles. The van der Waals surface area contributed by atoms with Crippen LogP contribution in [0, 0.1) is 5.41 Å². The summed E-state index contributed by atoms with van der Waals surface area (Å²) in [4.78, 5) is 11.4. The van der Waals surface area contributed by atoms with Gasteiger partial charge in [0, 0.05) is 12.0 Å². The fraction of sp³-hybridized carbons (Fsp3) is 0.700. The van der Waals surface area contributed by atoms with Gasteiger partial charge in [-0.05, 0) is 6.08 Å². The number of nitrogens with zero attached hydrogens (tertiary/aromatic N) is 1. The molecule has 0 radical (unpaired) electrons. The van der Waals surface area contributed by atoms with E-state index in [0.717, 1.165) is 6.08 Å². The molecule has 1 unspecified atom stereocenters. The summed E-state index contributed by atoms with van der Waals surface area (Å²) < 4.78 is 64.0. The first-order valence-electron chi connectivity index (χ1n) is 5.43. The molecule has 0 saturated carbocycles.